The predicted molar refractivity (Wildman–Crippen MR) is 127 cm³/mol. The number of anilines is 1. The van der Waals surface area contributed by atoms with Crippen LogP contribution < -0.4 is 15.0 Å². The number of hydrogen-bond donors (Lipinski definition) is 2. The third-order valence-electron chi connectivity index (χ3n) is 4.99. The number of nitrogens with one attached hydrogen (secondary N) is 1. The van der Waals surface area contributed by atoms with Crippen LogP contribution in [0.15, 0.2) is 76.8 Å². The van der Waals surface area contributed by atoms with Crippen molar-refractivity contribution in [1.29, 1.82) is 0 Å². The lowest BCUT2D eigenvalue weighted by molar-refractivity contribution is -0.122. The molecular formula is C25H19BrN2O5. The van der Waals surface area contributed by atoms with Crippen molar-refractivity contribution in [2.75, 3.05) is 4.90 Å². The number of aromatic hydroxyl groups is 1. The number of carbonyl (C=O) groups is 3. The molecule has 2 N–H and O–H groups in total. The summed E-state index contributed by atoms with van der Waals surface area (Å²) in [5, 5.41) is 11.6. The molecule has 0 saturated carbocycles. The summed E-state index contributed by atoms with van der Waals surface area (Å²) in [6.07, 6.45) is 1.41. The number of phenols is 1. The highest BCUT2D eigenvalue weighted by atomic mass is 79.9. The number of amides is 4. The van der Waals surface area contributed by atoms with Gasteiger partial charge in [0.15, 0.2) is 0 Å². The molecule has 8 heteroatoms. The second-order valence-electron chi connectivity index (χ2n) is 7.44. The molecule has 0 bridgehead atoms. The molecule has 1 saturated heterocycles. The van der Waals surface area contributed by atoms with Crippen LogP contribution in [0.2, 0.25) is 0 Å². The van der Waals surface area contributed by atoms with Crippen LogP contribution in [0.4, 0.5) is 10.5 Å². The lowest BCUT2D eigenvalue weighted by atomic mass is 10.1. The predicted octanol–water partition coefficient (Wildman–Crippen LogP) is 4.71. The van der Waals surface area contributed by atoms with Gasteiger partial charge < -0.3 is 9.84 Å². The third kappa shape index (κ3) is 4.96. The molecule has 166 valence electrons. The van der Waals surface area contributed by atoms with E-state index in [0.29, 0.717) is 22.4 Å². The van der Waals surface area contributed by atoms with E-state index in [1.54, 1.807) is 18.2 Å². The maximum absolute atomic E-state index is 12.9. The van der Waals surface area contributed by atoms with Gasteiger partial charge in [-0.25, -0.2) is 9.69 Å². The zero-order valence-electron chi connectivity index (χ0n) is 17.5. The molecule has 1 aliphatic heterocycles. The Hall–Kier alpha value is -3.91. The molecule has 1 fully saturated rings. The smallest absolute Gasteiger partial charge is 0.335 e. The van der Waals surface area contributed by atoms with E-state index in [4.69, 9.17) is 4.74 Å². The van der Waals surface area contributed by atoms with Crippen LogP contribution in [0.5, 0.6) is 11.5 Å². The fraction of sp³-hybridized carbons (Fsp3) is 0.0800. The van der Waals surface area contributed by atoms with Crippen molar-refractivity contribution in [3.8, 4) is 11.5 Å². The minimum absolute atomic E-state index is 0.00926. The van der Waals surface area contributed by atoms with Crippen LogP contribution in [-0.4, -0.2) is 23.0 Å². The van der Waals surface area contributed by atoms with Crippen molar-refractivity contribution >= 4 is 45.5 Å². The zero-order valence-corrected chi connectivity index (χ0v) is 19.1. The van der Waals surface area contributed by atoms with Crippen molar-refractivity contribution < 1.29 is 24.2 Å². The van der Waals surface area contributed by atoms with Crippen molar-refractivity contribution in [1.82, 2.24) is 5.32 Å². The highest BCUT2D eigenvalue weighted by Gasteiger charge is 2.36. The monoisotopic (exact) mass is 506 g/mol. The summed E-state index contributed by atoms with van der Waals surface area (Å²) in [6, 6.07) is 17.9. The molecule has 33 heavy (non-hydrogen) atoms. The summed E-state index contributed by atoms with van der Waals surface area (Å²) in [7, 11) is 0. The normalized spacial score (nSPS) is 15.0. The minimum atomic E-state index is -0.853. The molecule has 0 spiro atoms. The van der Waals surface area contributed by atoms with E-state index in [1.807, 2.05) is 31.2 Å². The van der Waals surface area contributed by atoms with Gasteiger partial charge >= 0.3 is 6.03 Å². The number of carbonyl (C=O) groups excluding carboxylic acids is 3. The summed E-state index contributed by atoms with van der Waals surface area (Å²) in [5.74, 6) is -0.941. The molecule has 0 aliphatic carbocycles. The number of ether oxygens (including phenoxy) is 1. The van der Waals surface area contributed by atoms with E-state index in [2.05, 4.69) is 21.2 Å². The average molecular weight is 507 g/mol. The Morgan fingerprint density at radius 3 is 2.36 bits per heavy atom. The summed E-state index contributed by atoms with van der Waals surface area (Å²) in [4.78, 5) is 38.4. The SMILES string of the molecule is Cc1ccc(COc2ccc(/C=C3\C(=O)NC(=O)N(c4ccc(O)cc4)C3=O)cc2Br)cc1. The van der Waals surface area contributed by atoms with Gasteiger partial charge in [-0.15, -0.1) is 0 Å². The van der Waals surface area contributed by atoms with Crippen LogP contribution in [0.3, 0.4) is 0 Å². The first-order valence-electron chi connectivity index (χ1n) is 10.0. The molecule has 4 rings (SSSR count). The van der Waals surface area contributed by atoms with E-state index >= 15 is 0 Å². The van der Waals surface area contributed by atoms with Crippen LogP contribution in [0.25, 0.3) is 6.08 Å². The van der Waals surface area contributed by atoms with Gasteiger partial charge in [-0.1, -0.05) is 35.9 Å². The molecule has 0 atom stereocenters. The van der Waals surface area contributed by atoms with Gasteiger partial charge in [0.25, 0.3) is 11.8 Å². The van der Waals surface area contributed by atoms with Gasteiger partial charge in [-0.2, -0.15) is 0 Å². The minimum Gasteiger partial charge on any atom is -0.508 e. The highest BCUT2D eigenvalue weighted by molar-refractivity contribution is 9.10. The Morgan fingerprint density at radius 1 is 1.00 bits per heavy atom. The van der Waals surface area contributed by atoms with Crippen molar-refractivity contribution in [2.45, 2.75) is 13.5 Å². The van der Waals surface area contributed by atoms with Crippen molar-refractivity contribution in [2.24, 2.45) is 0 Å². The topological polar surface area (TPSA) is 95.9 Å². The number of nitrogens with zero attached hydrogens (tertiary/aromatic N) is 1. The van der Waals surface area contributed by atoms with Crippen LogP contribution in [0.1, 0.15) is 16.7 Å². The molecule has 0 radical (unpaired) electrons. The fourth-order valence-electron chi connectivity index (χ4n) is 3.23. The van der Waals surface area contributed by atoms with Crippen LogP contribution >= 0.6 is 15.9 Å². The quantitative estimate of drug-likeness (QED) is 0.385. The first kappa shape index (κ1) is 22.3. The zero-order chi connectivity index (χ0) is 23.5. The Labute approximate surface area is 198 Å². The summed E-state index contributed by atoms with van der Waals surface area (Å²) < 4.78 is 6.51. The molecule has 4 amide bonds. The number of urea groups is 1. The number of hydrogen-bond acceptors (Lipinski definition) is 5. The van der Waals surface area contributed by atoms with E-state index in [0.717, 1.165) is 10.5 Å². The second kappa shape index (κ2) is 9.30. The molecule has 7 nitrogen and oxygen atoms in total. The van der Waals surface area contributed by atoms with Gasteiger partial charge in [-0.05, 0) is 76.5 Å². The van der Waals surface area contributed by atoms with Crippen LogP contribution in [-0.2, 0) is 16.2 Å². The summed E-state index contributed by atoms with van der Waals surface area (Å²) >= 11 is 3.46. The van der Waals surface area contributed by atoms with Gasteiger partial charge in [-0.3, -0.25) is 14.9 Å². The Kier molecular flexibility index (Phi) is 6.28. The van der Waals surface area contributed by atoms with Gasteiger partial charge in [0, 0.05) is 0 Å². The first-order chi connectivity index (χ1) is 15.8. The maximum Gasteiger partial charge on any atom is 0.335 e. The van der Waals surface area contributed by atoms with Gasteiger partial charge in [0.1, 0.15) is 23.7 Å². The average Bonchev–Trinajstić information content (AvgIpc) is 2.78. The molecule has 1 heterocycles. The van der Waals surface area contributed by atoms with E-state index in [9.17, 15) is 19.5 Å². The lowest BCUT2D eigenvalue weighted by Crippen LogP contribution is -2.54. The number of halogens is 1. The second-order valence-corrected chi connectivity index (χ2v) is 8.29. The standard InChI is InChI=1S/C25H19BrN2O5/c1-15-2-4-16(5-3-15)14-33-22-11-6-17(13-21(22)26)12-20-23(30)27-25(32)28(24(20)31)18-7-9-19(29)10-8-18/h2-13,29H,14H2,1H3,(H,27,30,32)/b20-12+. The summed E-state index contributed by atoms with van der Waals surface area (Å²) in [6.45, 7) is 2.41. The maximum atomic E-state index is 12.9. The molecule has 0 aromatic heterocycles. The number of aryl methyl sites for hydroxylation is 1. The van der Waals surface area contributed by atoms with Crippen LogP contribution in [0, 0.1) is 6.92 Å². The summed E-state index contributed by atoms with van der Waals surface area (Å²) in [5.41, 5.74) is 2.81. The van der Waals surface area contributed by atoms with Gasteiger partial charge in [0.05, 0.1) is 10.2 Å². The lowest BCUT2D eigenvalue weighted by Gasteiger charge is -2.26. The Morgan fingerprint density at radius 2 is 1.70 bits per heavy atom. The molecule has 1 aliphatic rings. The molecular weight excluding hydrogens is 488 g/mol. The number of barbiturate groups is 1. The van der Waals surface area contributed by atoms with E-state index in [-0.39, 0.29) is 17.0 Å². The van der Waals surface area contributed by atoms with Crippen molar-refractivity contribution in [3.63, 3.8) is 0 Å². The third-order valence-corrected chi connectivity index (χ3v) is 5.61. The highest BCUT2D eigenvalue weighted by Crippen LogP contribution is 2.29. The number of imide groups is 2. The fourth-order valence-corrected chi connectivity index (χ4v) is 3.74. The van der Waals surface area contributed by atoms with E-state index in [1.165, 1.54) is 35.9 Å². The number of phenolic OH excluding ortho intramolecular Hbond substituents is 1. The van der Waals surface area contributed by atoms with Gasteiger partial charge in [0.2, 0.25) is 0 Å². The number of benzene rings is 3. The Bertz CT molecular complexity index is 1270. The van der Waals surface area contributed by atoms with Crippen molar-refractivity contribution in [3.05, 3.63) is 93.5 Å². The molecule has 3 aromatic carbocycles. The molecule has 3 aromatic rings. The first-order valence-corrected chi connectivity index (χ1v) is 10.8. The largest absolute Gasteiger partial charge is 0.508 e. The molecule has 0 unspecified atom stereocenters. The Balaban J connectivity index is 1.55. The number of rotatable bonds is 5. The van der Waals surface area contributed by atoms with E-state index < -0.39 is 17.8 Å².